The van der Waals surface area contributed by atoms with Crippen LogP contribution >= 0.6 is 0 Å². The van der Waals surface area contributed by atoms with E-state index in [0.717, 1.165) is 0 Å². The first kappa shape index (κ1) is 17.2. The van der Waals surface area contributed by atoms with Crippen molar-refractivity contribution >= 4 is 5.69 Å². The molecule has 0 aliphatic heterocycles. The number of hydrogen-bond donors (Lipinski definition) is 0. The second kappa shape index (κ2) is 10.1. The van der Waals surface area contributed by atoms with Gasteiger partial charge < -0.3 is 5.73 Å². The summed E-state index contributed by atoms with van der Waals surface area (Å²) in [5.41, 5.74) is 7.57. The Labute approximate surface area is 104 Å². The molecule has 1 rings (SSSR count). The van der Waals surface area contributed by atoms with E-state index in [-0.39, 0.29) is 63.2 Å². The Morgan fingerprint density at radius 2 is 1.20 bits per heavy atom. The summed E-state index contributed by atoms with van der Waals surface area (Å²) < 4.78 is 0. The standard InChI is InChI=1S/C6H6N.3W/c7-6-4-2-1-3-5-6;;;/h1-5,7H;;;/q-1;;;. The van der Waals surface area contributed by atoms with Crippen LogP contribution in [0.15, 0.2) is 30.3 Å². The number of nitrogens with one attached hydrogen (secondary N) is 1. The van der Waals surface area contributed by atoms with Gasteiger partial charge in [-0.25, -0.2) is 0 Å². The molecule has 1 nitrogen and oxygen atoms in total. The molecule has 1 aromatic carbocycles. The molecule has 0 bridgehead atoms. The number of benzene rings is 1. The molecule has 0 aliphatic carbocycles. The SMILES string of the molecule is [NH-]c1ccccc1.[W].[W].[W]. The topological polar surface area (TPSA) is 23.8 Å². The Balaban J connectivity index is -0.000000163. The van der Waals surface area contributed by atoms with Crippen LogP contribution in [-0.4, -0.2) is 0 Å². The maximum absolute atomic E-state index is 7.00. The zero-order valence-electron chi connectivity index (χ0n) is 5.11. The van der Waals surface area contributed by atoms with Crippen LogP contribution in [0, 0.1) is 0 Å². The van der Waals surface area contributed by atoms with Gasteiger partial charge in [0.1, 0.15) is 0 Å². The van der Waals surface area contributed by atoms with Gasteiger partial charge in [0, 0.05) is 63.2 Å². The molecule has 0 aromatic heterocycles. The zero-order valence-corrected chi connectivity index (χ0v) is 13.9. The fraction of sp³-hybridized carbons (Fsp3) is 0. The quantitative estimate of drug-likeness (QED) is 0.415. The second-order valence-electron chi connectivity index (χ2n) is 1.37. The molecule has 0 radical (unpaired) electrons. The summed E-state index contributed by atoms with van der Waals surface area (Å²) in [5, 5.41) is 0. The van der Waals surface area contributed by atoms with Gasteiger partial charge in [-0.3, -0.25) is 0 Å². The van der Waals surface area contributed by atoms with Crippen LogP contribution in [-0.2, 0) is 63.2 Å². The Morgan fingerprint density at radius 3 is 1.40 bits per heavy atom. The van der Waals surface area contributed by atoms with Crippen LogP contribution < -0.4 is 0 Å². The average molecular weight is 644 g/mol. The maximum Gasteiger partial charge on any atom is 0 e. The summed E-state index contributed by atoms with van der Waals surface area (Å²) in [6.45, 7) is 0. The molecule has 0 saturated carbocycles. The van der Waals surface area contributed by atoms with Gasteiger partial charge in [0.05, 0.1) is 0 Å². The van der Waals surface area contributed by atoms with Crippen molar-refractivity contribution in [2.45, 2.75) is 0 Å². The molecule has 4 heteroatoms. The van der Waals surface area contributed by atoms with E-state index in [1.807, 2.05) is 18.2 Å². The van der Waals surface area contributed by atoms with Crippen molar-refractivity contribution < 1.29 is 63.2 Å². The predicted molar refractivity (Wildman–Crippen MR) is 30.4 cm³/mol. The van der Waals surface area contributed by atoms with E-state index < -0.39 is 0 Å². The third-order valence-electron chi connectivity index (χ3n) is 0.774. The normalized spacial score (nSPS) is 6.00. The Hall–Kier alpha value is 1.08. The van der Waals surface area contributed by atoms with Gasteiger partial charge in [-0.2, -0.15) is 0 Å². The van der Waals surface area contributed by atoms with Crippen molar-refractivity contribution in [2.24, 2.45) is 0 Å². The van der Waals surface area contributed by atoms with Gasteiger partial charge in [0.15, 0.2) is 0 Å². The van der Waals surface area contributed by atoms with E-state index in [1.54, 1.807) is 12.1 Å². The first-order chi connectivity index (χ1) is 3.39. The Kier molecular flexibility index (Phi) is 17.4. The van der Waals surface area contributed by atoms with E-state index in [4.69, 9.17) is 5.73 Å². The van der Waals surface area contributed by atoms with Gasteiger partial charge in [-0.05, 0) is 0 Å². The fourth-order valence-electron chi connectivity index (χ4n) is 0.438. The minimum Gasteiger partial charge on any atom is -0.699 e. The van der Waals surface area contributed by atoms with Crippen molar-refractivity contribution in [1.82, 2.24) is 0 Å². The van der Waals surface area contributed by atoms with Crippen molar-refractivity contribution in [1.29, 1.82) is 0 Å². The van der Waals surface area contributed by atoms with Gasteiger partial charge >= 0.3 is 0 Å². The van der Waals surface area contributed by atoms with Gasteiger partial charge in [-0.1, -0.05) is 30.3 Å². The summed E-state index contributed by atoms with van der Waals surface area (Å²) in [6, 6.07) is 9.10. The molecule has 0 spiro atoms. The largest absolute Gasteiger partial charge is 0.699 e. The average Bonchev–Trinajstić information content (AvgIpc) is 1.69. The van der Waals surface area contributed by atoms with Gasteiger partial charge in [-0.15, -0.1) is 5.69 Å². The van der Waals surface area contributed by atoms with Crippen LogP contribution in [0.1, 0.15) is 0 Å². The molecule has 0 heterocycles. The first-order valence-electron chi connectivity index (χ1n) is 2.16. The van der Waals surface area contributed by atoms with E-state index in [9.17, 15) is 0 Å². The molecular weight excluding hydrogens is 638 g/mol. The molecule has 1 N–H and O–H groups in total. The Morgan fingerprint density at radius 1 is 0.800 bits per heavy atom. The van der Waals surface area contributed by atoms with Crippen molar-refractivity contribution in [2.75, 3.05) is 0 Å². The molecule has 0 fully saturated rings. The zero-order chi connectivity index (χ0) is 5.11. The first-order valence-corrected chi connectivity index (χ1v) is 2.16. The summed E-state index contributed by atoms with van der Waals surface area (Å²) >= 11 is 0. The maximum atomic E-state index is 7.00. The second-order valence-corrected chi connectivity index (χ2v) is 1.37. The van der Waals surface area contributed by atoms with Crippen LogP contribution in [0.4, 0.5) is 5.69 Å². The minimum absolute atomic E-state index is 0. The smallest absolute Gasteiger partial charge is 0 e. The summed E-state index contributed by atoms with van der Waals surface area (Å²) in [6.07, 6.45) is 0. The van der Waals surface area contributed by atoms with Crippen LogP contribution in [0.5, 0.6) is 0 Å². The monoisotopic (exact) mass is 644 g/mol. The number of hydrogen-bond acceptors (Lipinski definition) is 0. The molecule has 0 saturated heterocycles. The van der Waals surface area contributed by atoms with Crippen LogP contribution in [0.2, 0.25) is 0 Å². The fourth-order valence-corrected chi connectivity index (χ4v) is 0.438. The van der Waals surface area contributed by atoms with Crippen molar-refractivity contribution in [3.8, 4) is 0 Å². The van der Waals surface area contributed by atoms with Crippen molar-refractivity contribution in [3.05, 3.63) is 36.1 Å². The van der Waals surface area contributed by atoms with Crippen LogP contribution in [0.25, 0.3) is 5.73 Å². The third-order valence-corrected chi connectivity index (χ3v) is 0.774. The Bertz CT molecular complexity index is 143. The summed E-state index contributed by atoms with van der Waals surface area (Å²) in [4.78, 5) is 0. The summed E-state index contributed by atoms with van der Waals surface area (Å²) in [5.74, 6) is 0. The van der Waals surface area contributed by atoms with Crippen LogP contribution in [0.3, 0.4) is 0 Å². The molecule has 1 aromatic rings. The van der Waals surface area contributed by atoms with E-state index in [2.05, 4.69) is 0 Å². The minimum atomic E-state index is 0. The molecule has 0 amide bonds. The third kappa shape index (κ3) is 7.20. The number of rotatable bonds is 0. The van der Waals surface area contributed by atoms with Gasteiger partial charge in [0.25, 0.3) is 0 Å². The molecule has 0 atom stereocenters. The summed E-state index contributed by atoms with van der Waals surface area (Å²) in [7, 11) is 0. The predicted octanol–water partition coefficient (Wildman–Crippen LogP) is 2.36. The molecule has 10 heavy (non-hydrogen) atoms. The van der Waals surface area contributed by atoms with E-state index >= 15 is 0 Å². The van der Waals surface area contributed by atoms with E-state index in [0.29, 0.717) is 5.69 Å². The molecule has 0 aliphatic rings. The molecular formula is C6H6NW3-. The van der Waals surface area contributed by atoms with E-state index in [1.165, 1.54) is 0 Å². The van der Waals surface area contributed by atoms with Gasteiger partial charge in [0.2, 0.25) is 0 Å². The molecule has 54 valence electrons. The van der Waals surface area contributed by atoms with Crippen molar-refractivity contribution in [3.63, 3.8) is 0 Å². The molecule has 0 unspecified atom stereocenters.